The molecule has 2 aromatic carbocycles. The number of hydrogen-bond acceptors (Lipinski definition) is 2. The first-order valence-electron chi connectivity index (χ1n) is 7.92. The zero-order valence-corrected chi connectivity index (χ0v) is 15.7. The summed E-state index contributed by atoms with van der Waals surface area (Å²) in [6.45, 7) is 1.39. The van der Waals surface area contributed by atoms with Crippen LogP contribution in [0, 0.1) is 5.82 Å². The molecule has 0 unspecified atom stereocenters. The Labute approximate surface area is 161 Å². The number of nitrogens with one attached hydrogen (secondary N) is 3. The standard InChI is InChI=1S/C18H19Cl2FN4O/c1-22-18(25-11-12-2-5-14(21)6-3-12)24-9-8-23-17(26)13-4-7-15(19)16(20)10-13/h2-7,10H,8-9,11H2,1H3,(H,23,26)(H2,22,24,25). The molecule has 2 rings (SSSR count). The average Bonchev–Trinajstić information content (AvgIpc) is 2.64. The first kappa shape index (κ1) is 20.0. The van der Waals surface area contributed by atoms with Gasteiger partial charge in [0.25, 0.3) is 5.91 Å². The molecule has 5 nitrogen and oxygen atoms in total. The molecule has 0 bridgehead atoms. The van der Waals surface area contributed by atoms with Gasteiger partial charge in [0.2, 0.25) is 0 Å². The summed E-state index contributed by atoms with van der Waals surface area (Å²) in [5.74, 6) is 0.0757. The summed E-state index contributed by atoms with van der Waals surface area (Å²) in [4.78, 5) is 16.1. The van der Waals surface area contributed by atoms with Crippen molar-refractivity contribution in [3.63, 3.8) is 0 Å². The van der Waals surface area contributed by atoms with Gasteiger partial charge in [0.1, 0.15) is 5.82 Å². The van der Waals surface area contributed by atoms with Gasteiger partial charge in [-0.2, -0.15) is 0 Å². The van der Waals surface area contributed by atoms with Crippen LogP contribution < -0.4 is 16.0 Å². The predicted molar refractivity (Wildman–Crippen MR) is 103 cm³/mol. The monoisotopic (exact) mass is 396 g/mol. The molecule has 0 atom stereocenters. The number of guanidine groups is 1. The smallest absolute Gasteiger partial charge is 0.251 e. The van der Waals surface area contributed by atoms with Crippen molar-refractivity contribution in [2.24, 2.45) is 4.99 Å². The average molecular weight is 397 g/mol. The Morgan fingerprint density at radius 3 is 2.35 bits per heavy atom. The molecule has 0 aromatic heterocycles. The summed E-state index contributed by atoms with van der Waals surface area (Å²) >= 11 is 11.7. The molecule has 0 fully saturated rings. The van der Waals surface area contributed by atoms with E-state index >= 15 is 0 Å². The summed E-state index contributed by atoms with van der Waals surface area (Å²) in [6.07, 6.45) is 0. The Morgan fingerprint density at radius 2 is 1.69 bits per heavy atom. The van der Waals surface area contributed by atoms with Gasteiger partial charge in [0, 0.05) is 32.2 Å². The molecular weight excluding hydrogens is 378 g/mol. The van der Waals surface area contributed by atoms with Crippen molar-refractivity contribution in [1.29, 1.82) is 0 Å². The molecule has 3 N–H and O–H groups in total. The first-order valence-corrected chi connectivity index (χ1v) is 8.67. The fourth-order valence-corrected chi connectivity index (χ4v) is 2.40. The van der Waals surface area contributed by atoms with Crippen LogP contribution in [0.4, 0.5) is 4.39 Å². The van der Waals surface area contributed by atoms with Crippen LogP contribution in [-0.4, -0.2) is 32.0 Å². The highest BCUT2D eigenvalue weighted by molar-refractivity contribution is 6.42. The second kappa shape index (κ2) is 9.99. The molecule has 0 spiro atoms. The molecule has 2 aromatic rings. The summed E-state index contributed by atoms with van der Waals surface area (Å²) in [6, 6.07) is 10.9. The fourth-order valence-electron chi connectivity index (χ4n) is 2.11. The van der Waals surface area contributed by atoms with Crippen molar-refractivity contribution in [2.45, 2.75) is 6.54 Å². The Balaban J connectivity index is 1.72. The van der Waals surface area contributed by atoms with Crippen LogP contribution in [0.25, 0.3) is 0 Å². The molecule has 0 radical (unpaired) electrons. The summed E-state index contributed by atoms with van der Waals surface area (Å²) in [7, 11) is 1.65. The molecule has 0 aliphatic carbocycles. The van der Waals surface area contributed by atoms with E-state index in [4.69, 9.17) is 23.2 Å². The van der Waals surface area contributed by atoms with Gasteiger partial charge in [0.05, 0.1) is 10.0 Å². The molecule has 138 valence electrons. The summed E-state index contributed by atoms with van der Waals surface area (Å²) in [5, 5.41) is 9.71. The zero-order chi connectivity index (χ0) is 18.9. The Hall–Kier alpha value is -2.31. The Bertz CT molecular complexity index is 781. The highest BCUT2D eigenvalue weighted by atomic mass is 35.5. The maximum absolute atomic E-state index is 12.9. The van der Waals surface area contributed by atoms with Crippen LogP contribution >= 0.6 is 23.2 Å². The molecule has 0 heterocycles. The molecule has 0 aliphatic rings. The fraction of sp³-hybridized carbons (Fsp3) is 0.222. The number of benzene rings is 2. The quantitative estimate of drug-likeness (QED) is 0.399. The minimum Gasteiger partial charge on any atom is -0.355 e. The van der Waals surface area contributed by atoms with Crippen molar-refractivity contribution in [3.05, 3.63) is 69.5 Å². The molecule has 26 heavy (non-hydrogen) atoms. The topological polar surface area (TPSA) is 65.5 Å². The van der Waals surface area contributed by atoms with Crippen molar-refractivity contribution in [3.8, 4) is 0 Å². The van der Waals surface area contributed by atoms with E-state index in [0.29, 0.717) is 41.2 Å². The van der Waals surface area contributed by atoms with Crippen molar-refractivity contribution >= 4 is 35.1 Å². The molecule has 1 amide bonds. The lowest BCUT2D eigenvalue weighted by molar-refractivity contribution is 0.0954. The SMILES string of the molecule is CN=C(NCCNC(=O)c1ccc(Cl)c(Cl)c1)NCc1ccc(F)cc1. The lowest BCUT2D eigenvalue weighted by Gasteiger charge is -2.12. The van der Waals surface area contributed by atoms with Crippen LogP contribution in [0.2, 0.25) is 10.0 Å². The number of nitrogens with zero attached hydrogens (tertiary/aromatic N) is 1. The third-order valence-electron chi connectivity index (χ3n) is 3.48. The number of aliphatic imine (C=N–C) groups is 1. The summed E-state index contributed by atoms with van der Waals surface area (Å²) in [5.41, 5.74) is 1.38. The number of halogens is 3. The van der Waals surface area contributed by atoms with Crippen LogP contribution in [-0.2, 0) is 6.54 Å². The number of amides is 1. The van der Waals surface area contributed by atoms with Gasteiger partial charge in [-0.3, -0.25) is 9.79 Å². The van der Waals surface area contributed by atoms with Gasteiger partial charge in [-0.15, -0.1) is 0 Å². The minimum absolute atomic E-state index is 0.236. The Kier molecular flexibility index (Phi) is 7.69. The highest BCUT2D eigenvalue weighted by Crippen LogP contribution is 2.22. The van der Waals surface area contributed by atoms with Crippen molar-refractivity contribution < 1.29 is 9.18 Å². The number of rotatable bonds is 6. The normalized spacial score (nSPS) is 11.2. The van der Waals surface area contributed by atoms with Crippen molar-refractivity contribution in [1.82, 2.24) is 16.0 Å². The van der Waals surface area contributed by atoms with Gasteiger partial charge in [0.15, 0.2) is 5.96 Å². The largest absolute Gasteiger partial charge is 0.355 e. The van der Waals surface area contributed by atoms with E-state index in [1.165, 1.54) is 18.2 Å². The van der Waals surface area contributed by atoms with Crippen molar-refractivity contribution in [2.75, 3.05) is 20.1 Å². The lowest BCUT2D eigenvalue weighted by Crippen LogP contribution is -2.41. The van der Waals surface area contributed by atoms with E-state index in [0.717, 1.165) is 5.56 Å². The zero-order valence-electron chi connectivity index (χ0n) is 14.2. The maximum atomic E-state index is 12.9. The molecule has 8 heteroatoms. The highest BCUT2D eigenvalue weighted by Gasteiger charge is 2.07. The molecule has 0 saturated heterocycles. The third-order valence-corrected chi connectivity index (χ3v) is 4.22. The summed E-state index contributed by atoms with van der Waals surface area (Å²) < 4.78 is 12.9. The lowest BCUT2D eigenvalue weighted by atomic mass is 10.2. The van der Waals surface area contributed by atoms with Crippen LogP contribution in [0.15, 0.2) is 47.5 Å². The minimum atomic E-state index is -0.269. The number of carbonyl (C=O) groups is 1. The first-order chi connectivity index (χ1) is 12.5. The van der Waals surface area contributed by atoms with E-state index in [-0.39, 0.29) is 11.7 Å². The predicted octanol–water partition coefficient (Wildman–Crippen LogP) is 3.23. The number of carbonyl (C=O) groups excluding carboxylic acids is 1. The van der Waals surface area contributed by atoms with Crippen LogP contribution in [0.5, 0.6) is 0 Å². The van der Waals surface area contributed by atoms with E-state index in [9.17, 15) is 9.18 Å². The van der Waals surface area contributed by atoms with Gasteiger partial charge in [-0.05, 0) is 35.9 Å². The van der Waals surface area contributed by atoms with E-state index < -0.39 is 0 Å². The number of hydrogen-bond donors (Lipinski definition) is 3. The van der Waals surface area contributed by atoms with E-state index in [1.54, 1.807) is 31.3 Å². The van der Waals surface area contributed by atoms with Gasteiger partial charge in [-0.1, -0.05) is 35.3 Å². The van der Waals surface area contributed by atoms with E-state index in [2.05, 4.69) is 20.9 Å². The molecule has 0 saturated carbocycles. The van der Waals surface area contributed by atoms with Gasteiger partial charge >= 0.3 is 0 Å². The second-order valence-corrected chi connectivity index (χ2v) is 6.18. The molecule has 0 aliphatic heterocycles. The van der Waals surface area contributed by atoms with Gasteiger partial charge in [-0.25, -0.2) is 4.39 Å². The Morgan fingerprint density at radius 1 is 1.00 bits per heavy atom. The van der Waals surface area contributed by atoms with Gasteiger partial charge < -0.3 is 16.0 Å². The van der Waals surface area contributed by atoms with E-state index in [1.807, 2.05) is 0 Å². The molecular formula is C18H19Cl2FN4O. The van der Waals surface area contributed by atoms with Crippen LogP contribution in [0.3, 0.4) is 0 Å². The second-order valence-electron chi connectivity index (χ2n) is 5.36. The third kappa shape index (κ3) is 6.20. The van der Waals surface area contributed by atoms with Crippen LogP contribution in [0.1, 0.15) is 15.9 Å². The maximum Gasteiger partial charge on any atom is 0.251 e.